The van der Waals surface area contributed by atoms with Crippen molar-refractivity contribution in [2.24, 2.45) is 0 Å². The molecule has 0 amide bonds. The Kier molecular flexibility index (Phi) is 6.45. The van der Waals surface area contributed by atoms with E-state index in [1.165, 1.54) is 0 Å². The molecule has 0 saturated heterocycles. The van der Waals surface area contributed by atoms with Gasteiger partial charge in [-0.15, -0.1) is 0 Å². The maximum atomic E-state index is 10.3. The lowest BCUT2D eigenvalue weighted by atomic mass is 10.2. The highest BCUT2D eigenvalue weighted by Gasteiger charge is 1.98. The fourth-order valence-electron chi connectivity index (χ4n) is 1.13. The van der Waals surface area contributed by atoms with Gasteiger partial charge in [-0.25, -0.2) is 4.79 Å². The molecule has 0 atom stereocenters. The van der Waals surface area contributed by atoms with Gasteiger partial charge in [0.25, 0.3) is 0 Å². The van der Waals surface area contributed by atoms with Crippen LogP contribution in [0.25, 0.3) is 0 Å². The standard InChI is InChI=1S/C7H5BrO2.C7H5BrO/c8-6-3-1-5(2-4-6)7(9)10;8-7-3-1-6(5-9)2-4-7/h1-4H,(H,9,10);1-5H. The molecule has 2 rings (SSSR count). The summed E-state index contributed by atoms with van der Waals surface area (Å²) in [6.45, 7) is 0. The molecule has 19 heavy (non-hydrogen) atoms. The van der Waals surface area contributed by atoms with E-state index in [2.05, 4.69) is 31.9 Å². The summed E-state index contributed by atoms with van der Waals surface area (Å²) in [5.74, 6) is -0.896. The van der Waals surface area contributed by atoms with Crippen LogP contribution >= 0.6 is 31.9 Å². The van der Waals surface area contributed by atoms with Crippen LogP contribution in [0, 0.1) is 0 Å². The van der Waals surface area contributed by atoms with E-state index in [-0.39, 0.29) is 0 Å². The second kappa shape index (κ2) is 7.86. The summed E-state index contributed by atoms with van der Waals surface area (Å²) in [4.78, 5) is 20.4. The second-order valence-electron chi connectivity index (χ2n) is 3.48. The summed E-state index contributed by atoms with van der Waals surface area (Å²) in [6.07, 6.45) is 0.826. The maximum absolute atomic E-state index is 10.3. The monoisotopic (exact) mass is 384 g/mol. The van der Waals surface area contributed by atoms with Gasteiger partial charge < -0.3 is 5.11 Å². The van der Waals surface area contributed by atoms with Crippen LogP contribution in [0.1, 0.15) is 20.7 Å². The third kappa shape index (κ3) is 5.81. The van der Waals surface area contributed by atoms with Crippen molar-refractivity contribution in [1.82, 2.24) is 0 Å². The number of carboxylic acids is 1. The molecule has 5 heteroatoms. The third-order valence-electron chi connectivity index (χ3n) is 2.10. The van der Waals surface area contributed by atoms with Crippen LogP contribution in [0.4, 0.5) is 0 Å². The molecule has 0 bridgehead atoms. The molecule has 0 spiro atoms. The summed E-state index contributed by atoms with van der Waals surface area (Å²) in [7, 11) is 0. The van der Waals surface area contributed by atoms with Crippen LogP contribution in [0.2, 0.25) is 0 Å². The molecule has 3 nitrogen and oxygen atoms in total. The SMILES string of the molecule is O=C(O)c1ccc(Br)cc1.O=Cc1ccc(Br)cc1. The van der Waals surface area contributed by atoms with Crippen molar-refractivity contribution in [3.05, 3.63) is 68.6 Å². The molecule has 2 aromatic carbocycles. The van der Waals surface area contributed by atoms with E-state index in [0.717, 1.165) is 15.2 Å². The molecule has 0 aliphatic rings. The van der Waals surface area contributed by atoms with Gasteiger partial charge in [0, 0.05) is 14.5 Å². The normalized spacial score (nSPS) is 9.16. The Bertz CT molecular complexity index is 548. The van der Waals surface area contributed by atoms with Gasteiger partial charge in [0.15, 0.2) is 0 Å². The van der Waals surface area contributed by atoms with E-state index in [4.69, 9.17) is 5.11 Å². The highest BCUT2D eigenvalue weighted by atomic mass is 79.9. The lowest BCUT2D eigenvalue weighted by molar-refractivity contribution is 0.0696. The Hall–Kier alpha value is -1.46. The molecule has 0 unspecified atom stereocenters. The average Bonchev–Trinajstić information content (AvgIpc) is 2.41. The molecule has 0 heterocycles. The van der Waals surface area contributed by atoms with E-state index >= 15 is 0 Å². The Morgan fingerprint density at radius 1 is 0.895 bits per heavy atom. The molecular weight excluding hydrogens is 376 g/mol. The molecule has 0 aliphatic carbocycles. The first-order chi connectivity index (χ1) is 9.02. The van der Waals surface area contributed by atoms with Crippen molar-refractivity contribution < 1.29 is 14.7 Å². The number of hydrogen-bond donors (Lipinski definition) is 1. The molecule has 0 aromatic heterocycles. The van der Waals surface area contributed by atoms with Crippen LogP contribution in [0.5, 0.6) is 0 Å². The van der Waals surface area contributed by atoms with Gasteiger partial charge >= 0.3 is 5.97 Å². The minimum atomic E-state index is -0.896. The van der Waals surface area contributed by atoms with Gasteiger partial charge in [0.1, 0.15) is 6.29 Å². The molecular formula is C14H10Br2O3. The van der Waals surface area contributed by atoms with Gasteiger partial charge in [0.05, 0.1) is 5.56 Å². The number of aldehydes is 1. The van der Waals surface area contributed by atoms with Crippen LogP contribution in [0.15, 0.2) is 57.5 Å². The lowest BCUT2D eigenvalue weighted by Crippen LogP contribution is -1.94. The van der Waals surface area contributed by atoms with E-state index < -0.39 is 5.97 Å². The van der Waals surface area contributed by atoms with E-state index in [9.17, 15) is 9.59 Å². The lowest BCUT2D eigenvalue weighted by Gasteiger charge is -1.91. The van der Waals surface area contributed by atoms with E-state index in [0.29, 0.717) is 11.1 Å². The molecule has 2 aromatic rings. The fourth-order valence-corrected chi connectivity index (χ4v) is 1.66. The largest absolute Gasteiger partial charge is 0.478 e. The Labute approximate surface area is 127 Å². The number of carbonyl (C=O) groups excluding carboxylic acids is 1. The van der Waals surface area contributed by atoms with Gasteiger partial charge in [-0.3, -0.25) is 4.79 Å². The Morgan fingerprint density at radius 2 is 1.32 bits per heavy atom. The zero-order chi connectivity index (χ0) is 14.3. The van der Waals surface area contributed by atoms with Crippen LogP contribution in [-0.4, -0.2) is 17.4 Å². The van der Waals surface area contributed by atoms with Crippen molar-refractivity contribution in [2.75, 3.05) is 0 Å². The first kappa shape index (κ1) is 15.6. The van der Waals surface area contributed by atoms with E-state index in [1.54, 1.807) is 36.4 Å². The number of hydrogen-bond acceptors (Lipinski definition) is 2. The van der Waals surface area contributed by atoms with Crippen LogP contribution in [-0.2, 0) is 0 Å². The van der Waals surface area contributed by atoms with Crippen LogP contribution < -0.4 is 0 Å². The smallest absolute Gasteiger partial charge is 0.335 e. The van der Waals surface area contributed by atoms with Gasteiger partial charge in [-0.1, -0.05) is 44.0 Å². The summed E-state index contributed by atoms with van der Waals surface area (Å²) in [5.41, 5.74) is 1.02. The van der Waals surface area contributed by atoms with Gasteiger partial charge in [-0.2, -0.15) is 0 Å². The summed E-state index contributed by atoms with van der Waals surface area (Å²) < 4.78 is 1.88. The molecule has 0 fully saturated rings. The maximum Gasteiger partial charge on any atom is 0.335 e. The third-order valence-corrected chi connectivity index (χ3v) is 3.15. The minimum Gasteiger partial charge on any atom is -0.478 e. The molecule has 0 radical (unpaired) electrons. The highest BCUT2D eigenvalue weighted by molar-refractivity contribution is 9.10. The number of rotatable bonds is 2. The number of aromatic carboxylic acids is 1. The summed E-state index contributed by atoms with van der Waals surface area (Å²) in [6, 6.07) is 13.7. The quantitative estimate of drug-likeness (QED) is 0.779. The van der Waals surface area contributed by atoms with Crippen molar-refractivity contribution in [3.8, 4) is 0 Å². The fraction of sp³-hybridized carbons (Fsp3) is 0. The predicted molar refractivity (Wildman–Crippen MR) is 80.6 cm³/mol. The number of benzene rings is 2. The Balaban J connectivity index is 0.000000191. The Morgan fingerprint density at radius 3 is 1.68 bits per heavy atom. The molecule has 0 saturated carbocycles. The molecule has 0 aliphatic heterocycles. The van der Waals surface area contributed by atoms with Crippen molar-refractivity contribution in [2.45, 2.75) is 0 Å². The van der Waals surface area contributed by atoms with Crippen molar-refractivity contribution in [3.63, 3.8) is 0 Å². The minimum absolute atomic E-state index is 0.309. The van der Waals surface area contributed by atoms with Crippen molar-refractivity contribution >= 4 is 44.1 Å². The first-order valence-corrected chi connectivity index (χ1v) is 6.81. The van der Waals surface area contributed by atoms with Crippen LogP contribution in [0.3, 0.4) is 0 Å². The second-order valence-corrected chi connectivity index (χ2v) is 5.31. The molecule has 98 valence electrons. The zero-order valence-electron chi connectivity index (χ0n) is 9.72. The molecule has 1 N–H and O–H groups in total. The van der Waals surface area contributed by atoms with Gasteiger partial charge in [-0.05, 0) is 36.4 Å². The number of halogens is 2. The number of carboxylic acid groups (broad SMARTS) is 1. The average molecular weight is 386 g/mol. The number of carbonyl (C=O) groups is 2. The first-order valence-electron chi connectivity index (χ1n) is 5.22. The van der Waals surface area contributed by atoms with Gasteiger partial charge in [0.2, 0.25) is 0 Å². The summed E-state index contributed by atoms with van der Waals surface area (Å²) >= 11 is 6.46. The summed E-state index contributed by atoms with van der Waals surface area (Å²) in [5, 5.41) is 8.46. The van der Waals surface area contributed by atoms with E-state index in [1.807, 2.05) is 12.1 Å². The zero-order valence-corrected chi connectivity index (χ0v) is 12.9. The van der Waals surface area contributed by atoms with Crippen molar-refractivity contribution in [1.29, 1.82) is 0 Å². The topological polar surface area (TPSA) is 54.4 Å². The highest BCUT2D eigenvalue weighted by Crippen LogP contribution is 2.10. The predicted octanol–water partition coefficient (Wildman–Crippen LogP) is 4.41.